The van der Waals surface area contributed by atoms with Crippen LogP contribution in [0.1, 0.15) is 24.1 Å². The van der Waals surface area contributed by atoms with Gasteiger partial charge in [-0.25, -0.2) is 4.39 Å². The van der Waals surface area contributed by atoms with E-state index in [-0.39, 0.29) is 11.9 Å². The molecule has 0 spiro atoms. The van der Waals surface area contributed by atoms with E-state index in [2.05, 4.69) is 5.32 Å². The van der Waals surface area contributed by atoms with Gasteiger partial charge >= 0.3 is 0 Å². The quantitative estimate of drug-likeness (QED) is 0.713. The van der Waals surface area contributed by atoms with Crippen LogP contribution in [-0.2, 0) is 0 Å². The molecule has 0 amide bonds. The second-order valence-electron chi connectivity index (χ2n) is 2.98. The molecule has 0 radical (unpaired) electrons. The van der Waals surface area contributed by atoms with Crippen molar-refractivity contribution in [2.24, 2.45) is 0 Å². The zero-order chi connectivity index (χ0) is 9.14. The van der Waals surface area contributed by atoms with E-state index in [1.165, 1.54) is 6.07 Å². The molecule has 0 fully saturated rings. The van der Waals surface area contributed by atoms with Gasteiger partial charge in [-0.2, -0.15) is 0 Å². The smallest absolute Gasteiger partial charge is 0.128 e. The fraction of sp³-hybridized carbons (Fsp3) is 0.400. The highest BCUT2D eigenvalue weighted by atomic mass is 19.1. The Morgan fingerprint density at radius 1 is 1.42 bits per heavy atom. The summed E-state index contributed by atoms with van der Waals surface area (Å²) in [5, 5.41) is 3.02. The Morgan fingerprint density at radius 2 is 2.08 bits per heavy atom. The zero-order valence-electron chi connectivity index (χ0n) is 7.69. The molecule has 0 saturated heterocycles. The lowest BCUT2D eigenvalue weighted by atomic mass is 10.0. The Bertz CT molecular complexity index is 250. The van der Waals surface area contributed by atoms with Crippen LogP contribution >= 0.6 is 0 Å². The Hall–Kier alpha value is -0.890. The van der Waals surface area contributed by atoms with Gasteiger partial charge in [0.05, 0.1) is 0 Å². The molecule has 0 saturated carbocycles. The number of rotatable bonds is 2. The van der Waals surface area contributed by atoms with Crippen LogP contribution in [-0.4, -0.2) is 7.05 Å². The van der Waals surface area contributed by atoms with Crippen LogP contribution in [0.5, 0.6) is 0 Å². The van der Waals surface area contributed by atoms with Gasteiger partial charge in [-0.3, -0.25) is 0 Å². The van der Waals surface area contributed by atoms with Crippen molar-refractivity contribution in [3.63, 3.8) is 0 Å². The summed E-state index contributed by atoms with van der Waals surface area (Å²) in [6.45, 7) is 3.87. The third-order valence-corrected chi connectivity index (χ3v) is 2.14. The van der Waals surface area contributed by atoms with Crippen LogP contribution in [0.4, 0.5) is 4.39 Å². The fourth-order valence-electron chi connectivity index (χ4n) is 1.34. The number of aryl methyl sites for hydroxylation is 1. The van der Waals surface area contributed by atoms with E-state index >= 15 is 0 Å². The maximum Gasteiger partial charge on any atom is 0.128 e. The minimum Gasteiger partial charge on any atom is -0.313 e. The molecule has 0 aliphatic heterocycles. The first kappa shape index (κ1) is 9.20. The van der Waals surface area contributed by atoms with Crippen LogP contribution in [0.15, 0.2) is 18.2 Å². The molecular formula is C10H14FN. The molecule has 1 N–H and O–H groups in total. The van der Waals surface area contributed by atoms with Crippen LogP contribution in [0.2, 0.25) is 0 Å². The van der Waals surface area contributed by atoms with Gasteiger partial charge in [-0.15, -0.1) is 0 Å². The Balaban J connectivity index is 3.12. The zero-order valence-corrected chi connectivity index (χ0v) is 7.69. The third kappa shape index (κ3) is 1.64. The Labute approximate surface area is 72.6 Å². The first-order chi connectivity index (χ1) is 5.66. The van der Waals surface area contributed by atoms with E-state index in [0.717, 1.165) is 11.1 Å². The first-order valence-corrected chi connectivity index (χ1v) is 4.09. The molecule has 0 aromatic heterocycles. The highest BCUT2D eigenvalue weighted by molar-refractivity contribution is 5.29. The second kappa shape index (κ2) is 3.68. The summed E-state index contributed by atoms with van der Waals surface area (Å²) in [4.78, 5) is 0. The maximum atomic E-state index is 13.2. The van der Waals surface area contributed by atoms with Gasteiger partial charge in [0.15, 0.2) is 0 Å². The van der Waals surface area contributed by atoms with Gasteiger partial charge in [-0.1, -0.05) is 12.1 Å². The molecule has 0 heterocycles. The second-order valence-corrected chi connectivity index (χ2v) is 2.98. The lowest BCUT2D eigenvalue weighted by molar-refractivity contribution is 0.558. The van der Waals surface area contributed by atoms with Crippen molar-refractivity contribution in [1.82, 2.24) is 5.32 Å². The predicted molar refractivity (Wildman–Crippen MR) is 48.6 cm³/mol. The van der Waals surface area contributed by atoms with Gasteiger partial charge in [0.1, 0.15) is 5.82 Å². The van der Waals surface area contributed by atoms with Crippen molar-refractivity contribution in [3.8, 4) is 0 Å². The first-order valence-electron chi connectivity index (χ1n) is 4.09. The highest BCUT2D eigenvalue weighted by Gasteiger charge is 2.10. The molecule has 1 atom stereocenters. The average molecular weight is 167 g/mol. The monoisotopic (exact) mass is 167 g/mol. The summed E-state index contributed by atoms with van der Waals surface area (Å²) in [6.07, 6.45) is 0. The molecule has 1 nitrogen and oxygen atoms in total. The van der Waals surface area contributed by atoms with Crippen LogP contribution in [0, 0.1) is 12.7 Å². The van der Waals surface area contributed by atoms with Crippen molar-refractivity contribution >= 4 is 0 Å². The summed E-state index contributed by atoms with van der Waals surface area (Å²) >= 11 is 0. The van der Waals surface area contributed by atoms with Gasteiger partial charge < -0.3 is 5.32 Å². The SMILES string of the molecule is CNC(C)c1c(C)cccc1F. The molecule has 1 aromatic rings. The van der Waals surface area contributed by atoms with E-state index in [0.29, 0.717) is 0 Å². The van der Waals surface area contributed by atoms with Gasteiger partial charge in [0.25, 0.3) is 0 Å². The molecule has 0 bridgehead atoms. The Kier molecular flexibility index (Phi) is 2.82. The Morgan fingerprint density at radius 3 is 2.58 bits per heavy atom. The molecule has 1 aromatic carbocycles. The predicted octanol–water partition coefficient (Wildman–Crippen LogP) is 2.41. The van der Waals surface area contributed by atoms with Crippen LogP contribution in [0.25, 0.3) is 0 Å². The average Bonchev–Trinajstić information content (AvgIpc) is 2.03. The standard InChI is InChI=1S/C10H14FN/c1-7-5-4-6-9(11)10(7)8(2)12-3/h4-6,8,12H,1-3H3. The number of hydrogen-bond acceptors (Lipinski definition) is 1. The van der Waals surface area contributed by atoms with E-state index in [1.807, 2.05) is 27.0 Å². The fourth-order valence-corrected chi connectivity index (χ4v) is 1.34. The summed E-state index contributed by atoms with van der Waals surface area (Å²) in [6, 6.07) is 5.23. The molecule has 1 unspecified atom stereocenters. The molecular weight excluding hydrogens is 153 g/mol. The van der Waals surface area contributed by atoms with Crippen molar-refractivity contribution in [2.75, 3.05) is 7.05 Å². The maximum absolute atomic E-state index is 13.2. The summed E-state index contributed by atoms with van der Waals surface area (Å²) in [7, 11) is 1.83. The highest BCUT2D eigenvalue weighted by Crippen LogP contribution is 2.19. The van der Waals surface area contributed by atoms with Gasteiger partial charge in [0, 0.05) is 11.6 Å². The topological polar surface area (TPSA) is 12.0 Å². The van der Waals surface area contributed by atoms with E-state index in [1.54, 1.807) is 6.07 Å². The summed E-state index contributed by atoms with van der Waals surface area (Å²) in [5.74, 6) is -0.128. The molecule has 2 heteroatoms. The normalized spacial score (nSPS) is 13.0. The largest absolute Gasteiger partial charge is 0.313 e. The van der Waals surface area contributed by atoms with Crippen LogP contribution in [0.3, 0.4) is 0 Å². The number of nitrogens with one attached hydrogen (secondary N) is 1. The lowest BCUT2D eigenvalue weighted by Gasteiger charge is -2.14. The minimum atomic E-state index is -0.128. The van der Waals surface area contributed by atoms with Crippen molar-refractivity contribution in [3.05, 3.63) is 35.1 Å². The molecule has 0 aliphatic rings. The van der Waals surface area contributed by atoms with Crippen LogP contribution < -0.4 is 5.32 Å². The summed E-state index contributed by atoms with van der Waals surface area (Å²) < 4.78 is 13.2. The molecule has 12 heavy (non-hydrogen) atoms. The van der Waals surface area contributed by atoms with E-state index in [9.17, 15) is 4.39 Å². The van der Waals surface area contributed by atoms with Crippen molar-refractivity contribution in [2.45, 2.75) is 19.9 Å². The number of hydrogen-bond donors (Lipinski definition) is 1. The van der Waals surface area contributed by atoms with E-state index < -0.39 is 0 Å². The van der Waals surface area contributed by atoms with Gasteiger partial charge in [-0.05, 0) is 32.5 Å². The molecule has 1 rings (SSSR count). The van der Waals surface area contributed by atoms with Gasteiger partial charge in [0.2, 0.25) is 0 Å². The lowest BCUT2D eigenvalue weighted by Crippen LogP contribution is -2.15. The number of halogens is 1. The molecule has 0 aliphatic carbocycles. The third-order valence-electron chi connectivity index (χ3n) is 2.14. The van der Waals surface area contributed by atoms with E-state index in [4.69, 9.17) is 0 Å². The molecule has 66 valence electrons. The summed E-state index contributed by atoms with van der Waals surface area (Å²) in [5.41, 5.74) is 1.76. The minimum absolute atomic E-state index is 0.0752. The number of benzene rings is 1. The van der Waals surface area contributed by atoms with Crippen molar-refractivity contribution < 1.29 is 4.39 Å². The van der Waals surface area contributed by atoms with Crippen molar-refractivity contribution in [1.29, 1.82) is 0 Å².